The molecule has 1 unspecified atom stereocenters. The van der Waals surface area contributed by atoms with Crippen molar-refractivity contribution in [1.82, 2.24) is 10.6 Å². The van der Waals surface area contributed by atoms with Gasteiger partial charge in [0, 0.05) is 12.6 Å². The molecule has 0 aromatic heterocycles. The molecule has 0 fully saturated rings. The van der Waals surface area contributed by atoms with E-state index in [0.29, 0.717) is 13.0 Å². The minimum absolute atomic E-state index is 0.00228. The molecule has 0 bridgehead atoms. The molecule has 0 aliphatic carbocycles. The average molecular weight is 278 g/mol. The van der Waals surface area contributed by atoms with Crippen LogP contribution in [0.4, 0.5) is 0 Å². The number of carbonyl (C=O) groups excluding carboxylic acids is 2. The molecule has 1 atom stereocenters. The van der Waals surface area contributed by atoms with Crippen LogP contribution in [-0.2, 0) is 16.0 Å². The number of rotatable bonds is 6. The Morgan fingerprint density at radius 1 is 1.25 bits per heavy atom. The summed E-state index contributed by atoms with van der Waals surface area (Å²) in [7, 11) is 1.61. The maximum absolute atomic E-state index is 11.6. The molecule has 0 saturated heterocycles. The molecule has 2 amide bonds. The van der Waals surface area contributed by atoms with Crippen molar-refractivity contribution in [2.24, 2.45) is 0 Å². The van der Waals surface area contributed by atoms with Gasteiger partial charge in [0.15, 0.2) is 0 Å². The lowest BCUT2D eigenvalue weighted by Gasteiger charge is -2.12. The number of methoxy groups -OCH3 is 1. The molecule has 0 saturated carbocycles. The van der Waals surface area contributed by atoms with E-state index >= 15 is 0 Å². The molecule has 110 valence electrons. The van der Waals surface area contributed by atoms with Crippen molar-refractivity contribution in [2.75, 3.05) is 13.7 Å². The summed E-state index contributed by atoms with van der Waals surface area (Å²) in [5.74, 6) is -0.398. The normalized spacial score (nSPS) is 11.6. The van der Waals surface area contributed by atoms with E-state index in [1.165, 1.54) is 0 Å². The van der Waals surface area contributed by atoms with Crippen LogP contribution in [0.15, 0.2) is 24.3 Å². The second-order valence-corrected chi connectivity index (χ2v) is 4.60. The summed E-state index contributed by atoms with van der Waals surface area (Å²) in [5, 5.41) is 5.23. The standard InChI is InChI=1S/C15H22N2O3/c1-4-11(2)17-15(19)14(18)16-10-9-12-7-5-6-8-13(12)20-3/h5-8,11H,4,9-10H2,1-3H3,(H,16,18)(H,17,19). The first-order valence-corrected chi connectivity index (χ1v) is 6.79. The van der Waals surface area contributed by atoms with Crippen LogP contribution in [0.2, 0.25) is 0 Å². The first kappa shape index (κ1) is 16.0. The number of hydrogen-bond acceptors (Lipinski definition) is 3. The molecule has 20 heavy (non-hydrogen) atoms. The smallest absolute Gasteiger partial charge is 0.309 e. The van der Waals surface area contributed by atoms with Crippen molar-refractivity contribution in [1.29, 1.82) is 0 Å². The molecule has 0 heterocycles. The molecule has 1 aromatic rings. The molecular weight excluding hydrogens is 256 g/mol. The lowest BCUT2D eigenvalue weighted by Crippen LogP contribution is -2.43. The van der Waals surface area contributed by atoms with Crippen LogP contribution in [0.5, 0.6) is 5.75 Å². The summed E-state index contributed by atoms with van der Waals surface area (Å²) in [6.45, 7) is 4.21. The quantitative estimate of drug-likeness (QED) is 0.770. The molecule has 0 aliphatic rings. The molecule has 2 N–H and O–H groups in total. The third-order valence-electron chi connectivity index (χ3n) is 3.07. The van der Waals surface area contributed by atoms with Gasteiger partial charge in [0.1, 0.15) is 5.75 Å². The molecule has 1 aromatic carbocycles. The average Bonchev–Trinajstić information content (AvgIpc) is 2.47. The summed E-state index contributed by atoms with van der Waals surface area (Å²) in [4.78, 5) is 23.1. The van der Waals surface area contributed by atoms with Crippen molar-refractivity contribution in [3.8, 4) is 5.75 Å². The monoisotopic (exact) mass is 278 g/mol. The summed E-state index contributed by atoms with van der Waals surface area (Å²) < 4.78 is 5.23. The second-order valence-electron chi connectivity index (χ2n) is 4.60. The number of hydrogen-bond donors (Lipinski definition) is 2. The van der Waals surface area contributed by atoms with E-state index in [4.69, 9.17) is 4.74 Å². The van der Waals surface area contributed by atoms with E-state index in [-0.39, 0.29) is 6.04 Å². The lowest BCUT2D eigenvalue weighted by atomic mass is 10.1. The number of amides is 2. The Labute approximate surface area is 119 Å². The minimum Gasteiger partial charge on any atom is -0.496 e. The zero-order valence-corrected chi connectivity index (χ0v) is 12.2. The highest BCUT2D eigenvalue weighted by atomic mass is 16.5. The molecule has 1 rings (SSSR count). The fourth-order valence-corrected chi connectivity index (χ4v) is 1.69. The number of nitrogens with one attached hydrogen (secondary N) is 2. The van der Waals surface area contributed by atoms with Crippen molar-refractivity contribution >= 4 is 11.8 Å². The molecule has 0 spiro atoms. The SMILES string of the molecule is CCC(C)NC(=O)C(=O)NCCc1ccccc1OC. The fourth-order valence-electron chi connectivity index (χ4n) is 1.69. The van der Waals surface area contributed by atoms with Crippen LogP contribution >= 0.6 is 0 Å². The highest BCUT2D eigenvalue weighted by Gasteiger charge is 2.14. The van der Waals surface area contributed by atoms with Crippen LogP contribution in [0.25, 0.3) is 0 Å². The first-order valence-electron chi connectivity index (χ1n) is 6.79. The Morgan fingerprint density at radius 3 is 2.60 bits per heavy atom. The van der Waals surface area contributed by atoms with E-state index in [1.807, 2.05) is 38.1 Å². The zero-order valence-electron chi connectivity index (χ0n) is 12.2. The van der Waals surface area contributed by atoms with Gasteiger partial charge in [0.2, 0.25) is 0 Å². The van der Waals surface area contributed by atoms with E-state index < -0.39 is 11.8 Å². The molecular formula is C15H22N2O3. The summed E-state index contributed by atoms with van der Waals surface area (Å²) in [5.41, 5.74) is 0.998. The van der Waals surface area contributed by atoms with E-state index in [2.05, 4.69) is 10.6 Å². The largest absolute Gasteiger partial charge is 0.496 e. The number of benzene rings is 1. The van der Waals surface area contributed by atoms with Gasteiger partial charge in [0.05, 0.1) is 7.11 Å². The van der Waals surface area contributed by atoms with Crippen LogP contribution in [0, 0.1) is 0 Å². The number of para-hydroxylation sites is 1. The van der Waals surface area contributed by atoms with Gasteiger partial charge in [-0.3, -0.25) is 9.59 Å². The van der Waals surface area contributed by atoms with Crippen molar-refractivity contribution in [3.63, 3.8) is 0 Å². The van der Waals surface area contributed by atoms with Crippen molar-refractivity contribution in [2.45, 2.75) is 32.7 Å². The van der Waals surface area contributed by atoms with E-state index in [0.717, 1.165) is 17.7 Å². The van der Waals surface area contributed by atoms with Gasteiger partial charge in [0.25, 0.3) is 0 Å². The van der Waals surface area contributed by atoms with Gasteiger partial charge in [-0.1, -0.05) is 25.1 Å². The lowest BCUT2D eigenvalue weighted by molar-refractivity contribution is -0.139. The number of carbonyl (C=O) groups is 2. The van der Waals surface area contributed by atoms with Crippen LogP contribution in [-0.4, -0.2) is 31.5 Å². The molecule has 5 nitrogen and oxygen atoms in total. The Balaban J connectivity index is 2.40. The van der Waals surface area contributed by atoms with Crippen LogP contribution in [0.3, 0.4) is 0 Å². The predicted octanol–water partition coefficient (Wildman–Crippen LogP) is 1.27. The topological polar surface area (TPSA) is 67.4 Å². The second kappa shape index (κ2) is 8.19. The summed E-state index contributed by atoms with van der Waals surface area (Å²) in [6, 6.07) is 7.61. The van der Waals surface area contributed by atoms with Gasteiger partial charge in [-0.25, -0.2) is 0 Å². The Kier molecular flexibility index (Phi) is 6.56. The summed E-state index contributed by atoms with van der Waals surface area (Å²) >= 11 is 0. The molecule has 0 aliphatic heterocycles. The first-order chi connectivity index (χ1) is 9.58. The van der Waals surface area contributed by atoms with Gasteiger partial charge in [-0.15, -0.1) is 0 Å². The Bertz CT molecular complexity index is 460. The van der Waals surface area contributed by atoms with Crippen molar-refractivity contribution in [3.05, 3.63) is 29.8 Å². The summed E-state index contributed by atoms with van der Waals surface area (Å²) in [6.07, 6.45) is 1.41. The molecule has 0 radical (unpaired) electrons. The van der Waals surface area contributed by atoms with Crippen LogP contribution < -0.4 is 15.4 Å². The fraction of sp³-hybridized carbons (Fsp3) is 0.467. The maximum Gasteiger partial charge on any atom is 0.309 e. The van der Waals surface area contributed by atoms with Gasteiger partial charge >= 0.3 is 11.8 Å². The van der Waals surface area contributed by atoms with Crippen molar-refractivity contribution < 1.29 is 14.3 Å². The highest BCUT2D eigenvalue weighted by molar-refractivity contribution is 6.35. The van der Waals surface area contributed by atoms with Gasteiger partial charge in [-0.2, -0.15) is 0 Å². The Morgan fingerprint density at radius 2 is 1.95 bits per heavy atom. The van der Waals surface area contributed by atoms with Gasteiger partial charge in [-0.05, 0) is 31.4 Å². The number of ether oxygens (including phenoxy) is 1. The predicted molar refractivity (Wildman–Crippen MR) is 77.6 cm³/mol. The highest BCUT2D eigenvalue weighted by Crippen LogP contribution is 2.17. The van der Waals surface area contributed by atoms with E-state index in [1.54, 1.807) is 7.11 Å². The van der Waals surface area contributed by atoms with E-state index in [9.17, 15) is 9.59 Å². The van der Waals surface area contributed by atoms with Gasteiger partial charge < -0.3 is 15.4 Å². The van der Waals surface area contributed by atoms with Crippen LogP contribution in [0.1, 0.15) is 25.8 Å². The zero-order chi connectivity index (χ0) is 15.0. The molecule has 5 heteroatoms. The third-order valence-corrected chi connectivity index (χ3v) is 3.07. The minimum atomic E-state index is -0.597. The third kappa shape index (κ3) is 4.91. The Hall–Kier alpha value is -2.04. The maximum atomic E-state index is 11.6.